The minimum Gasteiger partial charge on any atom is -0.264 e. The number of rotatable bonds is 0. The highest BCUT2D eigenvalue weighted by molar-refractivity contribution is 7.26. The quantitative estimate of drug-likeness (QED) is 0.424. The molecular weight excluding hydrogens is 250 g/mol. The van der Waals surface area contributed by atoms with Crippen molar-refractivity contribution < 1.29 is 0 Å². The van der Waals surface area contributed by atoms with Gasteiger partial charge in [0.05, 0.1) is 0 Å². The van der Waals surface area contributed by atoms with Gasteiger partial charge in [0.25, 0.3) is 0 Å². The molecule has 0 radical (unpaired) electrons. The molecule has 19 heavy (non-hydrogen) atoms. The Kier molecular flexibility index (Phi) is 2.18. The number of aromatic nitrogens is 1. The van der Waals surface area contributed by atoms with E-state index in [0.717, 1.165) is 0 Å². The number of nitrogens with zero attached hydrogens (tertiary/aromatic N) is 1. The summed E-state index contributed by atoms with van der Waals surface area (Å²) >= 11 is 1.89. The summed E-state index contributed by atoms with van der Waals surface area (Å²) in [6, 6.07) is 10.8. The van der Waals surface area contributed by atoms with E-state index in [0.29, 0.717) is 0 Å². The maximum atomic E-state index is 4.28. The molecule has 0 saturated carbocycles. The molecule has 2 aromatic heterocycles. The van der Waals surface area contributed by atoms with Gasteiger partial charge < -0.3 is 0 Å². The molecule has 0 fully saturated rings. The highest BCUT2D eigenvalue weighted by Gasteiger charge is 2.13. The van der Waals surface area contributed by atoms with Crippen molar-refractivity contribution in [1.29, 1.82) is 0 Å². The summed E-state index contributed by atoms with van der Waals surface area (Å²) in [7, 11) is 0. The highest BCUT2D eigenvalue weighted by Crippen LogP contribution is 2.41. The molecule has 0 aliphatic carbocycles. The van der Waals surface area contributed by atoms with Crippen LogP contribution in [0.2, 0.25) is 0 Å². The Morgan fingerprint density at radius 3 is 2.63 bits per heavy atom. The molecular formula is C17H13NS. The van der Waals surface area contributed by atoms with E-state index in [1.165, 1.54) is 42.1 Å². The Morgan fingerprint density at radius 1 is 0.895 bits per heavy atom. The number of benzene rings is 2. The molecule has 1 nitrogen and oxygen atoms in total. The number of fused-ring (bicyclic) bond motifs is 4. The van der Waals surface area contributed by atoms with Gasteiger partial charge in [-0.25, -0.2) is 0 Å². The molecule has 92 valence electrons. The number of aryl methyl sites for hydroxylation is 2. The van der Waals surface area contributed by atoms with Crippen molar-refractivity contribution in [3.8, 4) is 0 Å². The van der Waals surface area contributed by atoms with E-state index in [-0.39, 0.29) is 0 Å². The first-order valence-electron chi connectivity index (χ1n) is 6.41. The maximum Gasteiger partial charge on any atom is 0.0394 e. The minimum absolute atomic E-state index is 1.28. The van der Waals surface area contributed by atoms with Crippen LogP contribution >= 0.6 is 11.3 Å². The zero-order valence-electron chi connectivity index (χ0n) is 10.9. The van der Waals surface area contributed by atoms with Gasteiger partial charge in [0.15, 0.2) is 0 Å². The van der Waals surface area contributed by atoms with E-state index >= 15 is 0 Å². The van der Waals surface area contributed by atoms with E-state index in [2.05, 4.69) is 49.2 Å². The first-order chi connectivity index (χ1) is 9.27. The Hall–Kier alpha value is -1.93. The van der Waals surface area contributed by atoms with Crippen LogP contribution in [-0.4, -0.2) is 4.98 Å². The van der Waals surface area contributed by atoms with Crippen LogP contribution in [-0.2, 0) is 0 Å². The van der Waals surface area contributed by atoms with Gasteiger partial charge in [-0.1, -0.05) is 18.2 Å². The number of hydrogen-bond acceptors (Lipinski definition) is 2. The summed E-state index contributed by atoms with van der Waals surface area (Å²) in [5.74, 6) is 0. The molecule has 4 aromatic rings. The van der Waals surface area contributed by atoms with Crippen molar-refractivity contribution >= 4 is 42.3 Å². The molecule has 2 heterocycles. The van der Waals surface area contributed by atoms with Gasteiger partial charge in [0, 0.05) is 38.0 Å². The summed E-state index contributed by atoms with van der Waals surface area (Å²) in [6.07, 6.45) is 3.87. The summed E-state index contributed by atoms with van der Waals surface area (Å²) in [4.78, 5) is 4.28. The van der Waals surface area contributed by atoms with Crippen LogP contribution in [0, 0.1) is 13.8 Å². The second-order valence-corrected chi connectivity index (χ2v) is 6.03. The Bertz CT molecular complexity index is 934. The van der Waals surface area contributed by atoms with Crippen LogP contribution in [0.1, 0.15) is 11.1 Å². The van der Waals surface area contributed by atoms with Gasteiger partial charge in [-0.2, -0.15) is 0 Å². The summed E-state index contributed by atoms with van der Waals surface area (Å²) in [5.41, 5.74) is 2.72. The molecule has 0 atom stereocenters. The van der Waals surface area contributed by atoms with Crippen LogP contribution in [0.15, 0.2) is 42.7 Å². The number of thiophene rings is 1. The molecule has 4 rings (SSSR count). The second kappa shape index (κ2) is 3.78. The number of pyridine rings is 1. The van der Waals surface area contributed by atoms with E-state index in [9.17, 15) is 0 Å². The molecule has 0 unspecified atom stereocenters. The van der Waals surface area contributed by atoms with Gasteiger partial charge in [-0.15, -0.1) is 11.3 Å². The lowest BCUT2D eigenvalue weighted by Crippen LogP contribution is -1.86. The minimum atomic E-state index is 1.28. The average molecular weight is 263 g/mol. The lowest BCUT2D eigenvalue weighted by molar-refractivity contribution is 1.35. The predicted octanol–water partition coefficient (Wildman–Crippen LogP) is 5.22. The standard InChI is InChI=1S/C17H13NS/c1-10-12-7-8-18-9-14(12)11(2)17-16(10)13-5-3-4-6-15(13)19-17/h3-9H,1-2H3. The molecule has 2 aromatic carbocycles. The van der Waals surface area contributed by atoms with E-state index in [1.54, 1.807) is 0 Å². The van der Waals surface area contributed by atoms with E-state index in [1.807, 2.05) is 23.7 Å². The summed E-state index contributed by atoms with van der Waals surface area (Å²) in [5, 5.41) is 5.39. The highest BCUT2D eigenvalue weighted by atomic mass is 32.1. The van der Waals surface area contributed by atoms with Gasteiger partial charge in [0.2, 0.25) is 0 Å². The zero-order valence-corrected chi connectivity index (χ0v) is 11.7. The molecule has 0 bridgehead atoms. The van der Waals surface area contributed by atoms with Crippen molar-refractivity contribution in [3.05, 3.63) is 53.9 Å². The summed E-state index contributed by atoms with van der Waals surface area (Å²) < 4.78 is 2.77. The van der Waals surface area contributed by atoms with Gasteiger partial charge in [0.1, 0.15) is 0 Å². The molecule has 0 amide bonds. The molecule has 0 saturated heterocycles. The smallest absolute Gasteiger partial charge is 0.0394 e. The molecule has 0 aliphatic heterocycles. The van der Waals surface area contributed by atoms with Crippen LogP contribution < -0.4 is 0 Å². The van der Waals surface area contributed by atoms with Gasteiger partial charge in [-0.05, 0) is 42.5 Å². The fraction of sp³-hybridized carbons (Fsp3) is 0.118. The second-order valence-electron chi connectivity index (χ2n) is 4.97. The van der Waals surface area contributed by atoms with Crippen molar-refractivity contribution in [2.24, 2.45) is 0 Å². The molecule has 0 N–H and O–H groups in total. The topological polar surface area (TPSA) is 12.9 Å². The van der Waals surface area contributed by atoms with Crippen molar-refractivity contribution in [2.45, 2.75) is 13.8 Å². The molecule has 0 aliphatic rings. The Morgan fingerprint density at radius 2 is 1.74 bits per heavy atom. The average Bonchev–Trinajstić information content (AvgIpc) is 2.84. The van der Waals surface area contributed by atoms with Gasteiger partial charge >= 0.3 is 0 Å². The van der Waals surface area contributed by atoms with Crippen molar-refractivity contribution in [3.63, 3.8) is 0 Å². The monoisotopic (exact) mass is 263 g/mol. The fourth-order valence-corrected chi connectivity index (χ4v) is 4.23. The first-order valence-corrected chi connectivity index (χ1v) is 7.23. The van der Waals surface area contributed by atoms with Crippen LogP contribution in [0.4, 0.5) is 0 Å². The molecule has 0 spiro atoms. The predicted molar refractivity (Wildman–Crippen MR) is 84.1 cm³/mol. The van der Waals surface area contributed by atoms with Crippen LogP contribution in [0.3, 0.4) is 0 Å². The lowest BCUT2D eigenvalue weighted by atomic mass is 9.97. The van der Waals surface area contributed by atoms with E-state index < -0.39 is 0 Å². The van der Waals surface area contributed by atoms with Gasteiger partial charge in [-0.3, -0.25) is 4.98 Å². The number of hydrogen-bond donors (Lipinski definition) is 0. The Labute approximate surface area is 115 Å². The maximum absolute atomic E-state index is 4.28. The third-order valence-electron chi connectivity index (χ3n) is 3.94. The third-order valence-corrected chi connectivity index (χ3v) is 5.23. The SMILES string of the molecule is Cc1c2cnccc2c(C)c2c1sc1ccccc12. The fourth-order valence-electron chi connectivity index (χ4n) is 2.96. The normalized spacial score (nSPS) is 11.7. The third kappa shape index (κ3) is 1.38. The lowest BCUT2D eigenvalue weighted by Gasteiger charge is -2.08. The van der Waals surface area contributed by atoms with Crippen molar-refractivity contribution in [1.82, 2.24) is 4.98 Å². The zero-order chi connectivity index (χ0) is 13.0. The first kappa shape index (κ1) is 10.9. The van der Waals surface area contributed by atoms with E-state index in [4.69, 9.17) is 0 Å². The largest absolute Gasteiger partial charge is 0.264 e. The van der Waals surface area contributed by atoms with Crippen LogP contribution in [0.25, 0.3) is 30.9 Å². The van der Waals surface area contributed by atoms with Crippen molar-refractivity contribution in [2.75, 3.05) is 0 Å². The molecule has 2 heteroatoms. The Balaban J connectivity index is 2.39. The van der Waals surface area contributed by atoms with Crippen LogP contribution in [0.5, 0.6) is 0 Å². The summed E-state index contributed by atoms with van der Waals surface area (Å²) in [6.45, 7) is 4.43.